The molecule has 0 fully saturated rings. The molecule has 0 saturated carbocycles. The van der Waals surface area contributed by atoms with Gasteiger partial charge in [0.2, 0.25) is 0 Å². The van der Waals surface area contributed by atoms with Crippen LogP contribution in [-0.4, -0.2) is 28.6 Å². The van der Waals surface area contributed by atoms with Crippen LogP contribution in [0.5, 0.6) is 5.75 Å². The van der Waals surface area contributed by atoms with Crippen LogP contribution in [0.15, 0.2) is 66.7 Å². The summed E-state index contributed by atoms with van der Waals surface area (Å²) in [6.45, 7) is 8.05. The van der Waals surface area contributed by atoms with Gasteiger partial charge in [-0.15, -0.1) is 0 Å². The van der Waals surface area contributed by atoms with Crippen LogP contribution in [0.4, 0.5) is 0 Å². The number of carbonyl (C=O) groups is 1. The zero-order valence-corrected chi connectivity index (χ0v) is 19.6. The first-order chi connectivity index (χ1) is 16.0. The third kappa shape index (κ3) is 5.43. The fourth-order valence-corrected chi connectivity index (χ4v) is 4.14. The Hall–Kier alpha value is -3.60. The second-order valence-corrected chi connectivity index (χ2v) is 8.46. The van der Waals surface area contributed by atoms with E-state index in [4.69, 9.17) is 9.72 Å². The van der Waals surface area contributed by atoms with Gasteiger partial charge >= 0.3 is 0 Å². The number of aryl methyl sites for hydroxylation is 4. The quantitative estimate of drug-likeness (QED) is 0.354. The maximum atomic E-state index is 12.6. The monoisotopic (exact) mass is 441 g/mol. The molecule has 3 aromatic carbocycles. The Bertz CT molecular complexity index is 1260. The zero-order chi connectivity index (χ0) is 23.2. The van der Waals surface area contributed by atoms with E-state index in [1.807, 2.05) is 68.4 Å². The maximum Gasteiger partial charge on any atom is 0.251 e. The number of nitrogens with zero attached hydrogens (tertiary/aromatic N) is 2. The molecule has 0 spiro atoms. The Balaban J connectivity index is 1.39. The maximum absolute atomic E-state index is 12.6. The molecule has 0 atom stereocenters. The lowest BCUT2D eigenvalue weighted by atomic mass is 10.1. The number of hydrogen-bond donors (Lipinski definition) is 1. The van der Waals surface area contributed by atoms with E-state index in [9.17, 15) is 4.79 Å². The highest BCUT2D eigenvalue weighted by atomic mass is 16.5. The third-order valence-electron chi connectivity index (χ3n) is 5.87. The molecule has 1 N–H and O–H groups in total. The van der Waals surface area contributed by atoms with Crippen LogP contribution in [-0.2, 0) is 13.0 Å². The normalized spacial score (nSPS) is 11.0. The Morgan fingerprint density at radius 2 is 1.76 bits per heavy atom. The van der Waals surface area contributed by atoms with E-state index in [1.54, 1.807) is 0 Å². The molecule has 0 bridgehead atoms. The second kappa shape index (κ2) is 10.3. The molecule has 0 aliphatic carbocycles. The molecule has 5 nitrogen and oxygen atoms in total. The van der Waals surface area contributed by atoms with Crippen LogP contribution in [0.3, 0.4) is 0 Å². The molecule has 0 unspecified atom stereocenters. The number of rotatable bonds is 9. The molecule has 170 valence electrons. The van der Waals surface area contributed by atoms with Crippen molar-refractivity contribution in [3.63, 3.8) is 0 Å². The van der Waals surface area contributed by atoms with E-state index in [0.29, 0.717) is 19.6 Å². The second-order valence-electron chi connectivity index (χ2n) is 8.46. The van der Waals surface area contributed by atoms with Crippen molar-refractivity contribution in [2.24, 2.45) is 0 Å². The van der Waals surface area contributed by atoms with Gasteiger partial charge < -0.3 is 14.6 Å². The first-order valence-electron chi connectivity index (χ1n) is 11.5. The molecule has 0 aliphatic heterocycles. The minimum Gasteiger partial charge on any atom is -0.493 e. The first-order valence-corrected chi connectivity index (χ1v) is 11.5. The fourth-order valence-electron chi connectivity index (χ4n) is 4.14. The van der Waals surface area contributed by atoms with Gasteiger partial charge in [0, 0.05) is 25.1 Å². The van der Waals surface area contributed by atoms with E-state index in [0.717, 1.165) is 57.8 Å². The molecular formula is C28H31N3O2. The lowest BCUT2D eigenvalue weighted by molar-refractivity contribution is 0.0953. The molecule has 0 saturated heterocycles. The van der Waals surface area contributed by atoms with Gasteiger partial charge in [0.05, 0.1) is 17.6 Å². The van der Waals surface area contributed by atoms with Gasteiger partial charge in [0.1, 0.15) is 11.6 Å². The number of nitrogens with one attached hydrogen (secondary N) is 1. The summed E-state index contributed by atoms with van der Waals surface area (Å²) in [6, 6.07) is 22.2. The number of para-hydroxylation sites is 3. The molecule has 1 heterocycles. The van der Waals surface area contributed by atoms with Gasteiger partial charge in [-0.25, -0.2) is 4.98 Å². The number of imidazole rings is 1. The highest BCUT2D eigenvalue weighted by Crippen LogP contribution is 2.19. The summed E-state index contributed by atoms with van der Waals surface area (Å²) in [6.07, 6.45) is 1.54. The highest BCUT2D eigenvalue weighted by Gasteiger charge is 2.12. The van der Waals surface area contributed by atoms with Crippen molar-refractivity contribution >= 4 is 16.9 Å². The first kappa shape index (κ1) is 22.6. The largest absolute Gasteiger partial charge is 0.493 e. The Morgan fingerprint density at radius 3 is 2.58 bits per heavy atom. The van der Waals surface area contributed by atoms with Gasteiger partial charge in [-0.2, -0.15) is 0 Å². The molecule has 33 heavy (non-hydrogen) atoms. The highest BCUT2D eigenvalue weighted by molar-refractivity contribution is 5.95. The Labute approximate surface area is 195 Å². The Kier molecular flexibility index (Phi) is 7.08. The number of aromatic nitrogens is 2. The SMILES string of the molecule is Cc1ccc(C(=O)NCCc2nc3ccccc3n2CCCOc2ccccc2C)c(C)c1. The van der Waals surface area contributed by atoms with Gasteiger partial charge in [-0.1, -0.05) is 48.0 Å². The number of amides is 1. The molecule has 4 aromatic rings. The van der Waals surface area contributed by atoms with Crippen molar-refractivity contribution in [1.82, 2.24) is 14.9 Å². The lowest BCUT2D eigenvalue weighted by Gasteiger charge is -2.12. The molecule has 4 rings (SSSR count). The Morgan fingerprint density at radius 1 is 0.970 bits per heavy atom. The molecular weight excluding hydrogens is 410 g/mol. The summed E-state index contributed by atoms with van der Waals surface area (Å²) in [5.41, 5.74) is 6.11. The van der Waals surface area contributed by atoms with Crippen molar-refractivity contribution in [3.05, 3.63) is 94.8 Å². The van der Waals surface area contributed by atoms with Crippen molar-refractivity contribution < 1.29 is 9.53 Å². The van der Waals surface area contributed by atoms with Crippen molar-refractivity contribution in [2.45, 2.75) is 40.2 Å². The fraction of sp³-hybridized carbons (Fsp3) is 0.286. The van der Waals surface area contributed by atoms with E-state index in [2.05, 4.69) is 28.9 Å². The van der Waals surface area contributed by atoms with Gasteiger partial charge in [0.25, 0.3) is 5.91 Å². The molecule has 5 heteroatoms. The summed E-state index contributed by atoms with van der Waals surface area (Å²) < 4.78 is 8.23. The summed E-state index contributed by atoms with van der Waals surface area (Å²) in [4.78, 5) is 17.5. The molecule has 0 aliphatic rings. The number of benzene rings is 3. The minimum absolute atomic E-state index is 0.0400. The van der Waals surface area contributed by atoms with Crippen molar-refractivity contribution in [3.8, 4) is 5.75 Å². The lowest BCUT2D eigenvalue weighted by Crippen LogP contribution is -2.27. The van der Waals surface area contributed by atoms with Crippen molar-refractivity contribution in [2.75, 3.05) is 13.2 Å². The predicted octanol–water partition coefficient (Wildman–Crippen LogP) is 5.40. The van der Waals surface area contributed by atoms with Crippen LogP contribution in [0.25, 0.3) is 11.0 Å². The number of ether oxygens (including phenoxy) is 1. The summed E-state index contributed by atoms with van der Waals surface area (Å²) >= 11 is 0. The molecule has 1 amide bonds. The van der Waals surface area contributed by atoms with Gasteiger partial charge in [-0.05, 0) is 62.6 Å². The number of carbonyl (C=O) groups excluding carboxylic acids is 1. The smallest absolute Gasteiger partial charge is 0.251 e. The summed E-state index contributed by atoms with van der Waals surface area (Å²) in [5, 5.41) is 3.06. The van der Waals surface area contributed by atoms with Crippen LogP contribution in [0.1, 0.15) is 39.3 Å². The summed E-state index contributed by atoms with van der Waals surface area (Å²) in [7, 11) is 0. The molecule has 0 radical (unpaired) electrons. The minimum atomic E-state index is -0.0400. The van der Waals surface area contributed by atoms with Gasteiger partial charge in [0.15, 0.2) is 0 Å². The van der Waals surface area contributed by atoms with Crippen LogP contribution < -0.4 is 10.1 Å². The van der Waals surface area contributed by atoms with Crippen LogP contribution in [0.2, 0.25) is 0 Å². The van der Waals surface area contributed by atoms with E-state index in [-0.39, 0.29) is 5.91 Å². The number of fused-ring (bicyclic) bond motifs is 1. The average molecular weight is 442 g/mol. The topological polar surface area (TPSA) is 56.2 Å². The average Bonchev–Trinajstić information content (AvgIpc) is 3.15. The van der Waals surface area contributed by atoms with E-state index >= 15 is 0 Å². The van der Waals surface area contributed by atoms with E-state index in [1.165, 1.54) is 0 Å². The van der Waals surface area contributed by atoms with Gasteiger partial charge in [-0.3, -0.25) is 4.79 Å². The predicted molar refractivity (Wildman–Crippen MR) is 133 cm³/mol. The van der Waals surface area contributed by atoms with Crippen LogP contribution in [0, 0.1) is 20.8 Å². The van der Waals surface area contributed by atoms with Crippen molar-refractivity contribution in [1.29, 1.82) is 0 Å². The standard InChI is InChI=1S/C28H31N3O2/c1-20-13-14-23(22(3)19-20)28(32)29-16-15-27-30-24-10-5-6-11-25(24)31(27)17-8-18-33-26-12-7-4-9-21(26)2/h4-7,9-14,19H,8,15-18H2,1-3H3,(H,29,32). The molecule has 1 aromatic heterocycles. The zero-order valence-electron chi connectivity index (χ0n) is 19.6. The van der Waals surface area contributed by atoms with Crippen LogP contribution >= 0.6 is 0 Å². The van der Waals surface area contributed by atoms with E-state index < -0.39 is 0 Å². The third-order valence-corrected chi connectivity index (χ3v) is 5.87. The number of hydrogen-bond acceptors (Lipinski definition) is 3. The summed E-state index contributed by atoms with van der Waals surface area (Å²) in [5.74, 6) is 1.87.